The van der Waals surface area contributed by atoms with Crippen molar-refractivity contribution in [3.63, 3.8) is 0 Å². The third-order valence-electron chi connectivity index (χ3n) is 5.89. The predicted octanol–water partition coefficient (Wildman–Crippen LogP) is 6.80. The highest BCUT2D eigenvalue weighted by molar-refractivity contribution is 6.76. The van der Waals surface area contributed by atoms with Gasteiger partial charge in [-0.1, -0.05) is 37.3 Å². The van der Waals surface area contributed by atoms with Crippen LogP contribution < -0.4 is 9.47 Å². The Kier molecular flexibility index (Phi) is 7.91. The zero-order chi connectivity index (χ0) is 26.1. The molecule has 35 heavy (non-hydrogen) atoms. The van der Waals surface area contributed by atoms with Crippen LogP contribution in [0.15, 0.2) is 36.4 Å². The minimum Gasteiger partial charge on any atom is -0.495 e. The van der Waals surface area contributed by atoms with Crippen molar-refractivity contribution in [3.05, 3.63) is 58.2 Å². The molecule has 0 spiro atoms. The van der Waals surface area contributed by atoms with Gasteiger partial charge < -0.3 is 14.6 Å². The number of hydrogen-bond acceptors (Lipinski definition) is 4. The lowest BCUT2D eigenvalue weighted by atomic mass is 9.93. The summed E-state index contributed by atoms with van der Waals surface area (Å²) in [5, 5.41) is 11.0. The molecule has 0 aliphatic carbocycles. The van der Waals surface area contributed by atoms with Gasteiger partial charge in [-0.15, -0.1) is 0 Å². The summed E-state index contributed by atoms with van der Waals surface area (Å²) in [5.74, 6) is -1.95. The lowest BCUT2D eigenvalue weighted by Crippen LogP contribution is -2.23. The van der Waals surface area contributed by atoms with Crippen molar-refractivity contribution < 1.29 is 33.0 Å². The summed E-state index contributed by atoms with van der Waals surface area (Å²) < 4.78 is 36.1. The van der Waals surface area contributed by atoms with Crippen LogP contribution in [0, 0.1) is 6.92 Å². The molecule has 0 aliphatic rings. The zero-order valence-corrected chi connectivity index (χ0v) is 22.0. The quantitative estimate of drug-likeness (QED) is 0.312. The first-order valence-corrected chi connectivity index (χ1v) is 15.1. The first-order chi connectivity index (χ1) is 16.3. The van der Waals surface area contributed by atoms with Crippen LogP contribution in [0.2, 0.25) is 30.7 Å². The van der Waals surface area contributed by atoms with E-state index >= 15 is 0 Å². The number of aromatic nitrogens is 1. The molecule has 1 aromatic heterocycles. The Bertz CT molecular complexity index is 1250. The number of carboxylic acids is 1. The van der Waals surface area contributed by atoms with Gasteiger partial charge in [0, 0.05) is 24.7 Å². The molecule has 0 fully saturated rings. The molecule has 10 heteroatoms. The number of ether oxygens (including phenoxy) is 2. The Balaban J connectivity index is 2.20. The standard InChI is InChI=1S/C25H28ClF2NO5Si/c1-14-22(17(24(31)32)10-11-35(3,4)5)18-12-21(33-2)19(26)13-20(18)29(14)23(30)15-6-8-16(9-7-15)34-25(27)28/h6-9,12-13,17,25H,10-11H2,1-5H3,(H,31,32). The lowest BCUT2D eigenvalue weighted by Gasteiger charge is -2.20. The molecule has 6 nitrogen and oxygen atoms in total. The minimum absolute atomic E-state index is 0.0728. The number of rotatable bonds is 9. The number of carboxylic acid groups (broad SMARTS) is 1. The van der Waals surface area contributed by atoms with E-state index in [1.54, 1.807) is 19.1 Å². The lowest BCUT2D eigenvalue weighted by molar-refractivity contribution is -0.138. The summed E-state index contributed by atoms with van der Waals surface area (Å²) in [5.41, 5.74) is 1.68. The van der Waals surface area contributed by atoms with Crippen molar-refractivity contribution in [2.75, 3.05) is 7.11 Å². The highest BCUT2D eigenvalue weighted by Gasteiger charge is 2.31. The van der Waals surface area contributed by atoms with Crippen molar-refractivity contribution in [1.82, 2.24) is 4.57 Å². The molecule has 188 valence electrons. The average molecular weight is 524 g/mol. The first kappa shape index (κ1) is 26.7. The van der Waals surface area contributed by atoms with Gasteiger partial charge in [-0.3, -0.25) is 14.2 Å². The van der Waals surface area contributed by atoms with Gasteiger partial charge in [0.05, 0.1) is 23.6 Å². The smallest absolute Gasteiger partial charge is 0.387 e. The average Bonchev–Trinajstić information content (AvgIpc) is 3.02. The first-order valence-electron chi connectivity index (χ1n) is 11.0. The van der Waals surface area contributed by atoms with E-state index in [2.05, 4.69) is 24.4 Å². The van der Waals surface area contributed by atoms with Crippen molar-refractivity contribution in [2.24, 2.45) is 0 Å². The van der Waals surface area contributed by atoms with Gasteiger partial charge in [-0.2, -0.15) is 8.78 Å². The Morgan fingerprint density at radius 1 is 1.14 bits per heavy atom. The fourth-order valence-corrected chi connectivity index (χ4v) is 5.56. The van der Waals surface area contributed by atoms with E-state index in [-0.39, 0.29) is 16.3 Å². The Labute approximate surface area is 208 Å². The highest BCUT2D eigenvalue weighted by atomic mass is 35.5. The van der Waals surface area contributed by atoms with Gasteiger partial charge in [0.25, 0.3) is 5.91 Å². The summed E-state index contributed by atoms with van der Waals surface area (Å²) >= 11 is 6.37. The number of halogens is 3. The molecule has 2 aromatic carbocycles. The van der Waals surface area contributed by atoms with Crippen LogP contribution in [-0.4, -0.2) is 43.3 Å². The molecule has 0 saturated heterocycles. The number of fused-ring (bicyclic) bond motifs is 1. The molecule has 1 atom stereocenters. The largest absolute Gasteiger partial charge is 0.495 e. The third kappa shape index (κ3) is 5.84. The number of alkyl halides is 2. The topological polar surface area (TPSA) is 77.8 Å². The third-order valence-corrected chi connectivity index (χ3v) is 7.97. The fraction of sp³-hybridized carbons (Fsp3) is 0.360. The summed E-state index contributed by atoms with van der Waals surface area (Å²) in [7, 11) is -0.0804. The maximum atomic E-state index is 13.6. The molecule has 0 amide bonds. The second-order valence-electron chi connectivity index (χ2n) is 9.54. The number of carbonyl (C=O) groups is 2. The molecular formula is C25H28ClF2NO5Si. The van der Waals surface area contributed by atoms with Gasteiger partial charge in [0.1, 0.15) is 11.5 Å². The molecule has 1 N–H and O–H groups in total. The van der Waals surface area contributed by atoms with Crippen molar-refractivity contribution in [2.45, 2.75) is 51.6 Å². The van der Waals surface area contributed by atoms with Crippen molar-refractivity contribution in [1.29, 1.82) is 0 Å². The molecule has 3 aromatic rings. The SMILES string of the molecule is COc1cc2c(C(CC[Si](C)(C)C)C(=O)O)c(C)n(C(=O)c3ccc(OC(F)F)cc3)c2cc1Cl. The molecule has 0 radical (unpaired) electrons. The summed E-state index contributed by atoms with van der Waals surface area (Å²) in [6, 6.07) is 9.37. The molecule has 1 heterocycles. The van der Waals surface area contributed by atoms with E-state index in [1.807, 2.05) is 0 Å². The number of hydrogen-bond donors (Lipinski definition) is 1. The molecule has 1 unspecified atom stereocenters. The monoisotopic (exact) mass is 523 g/mol. The number of benzene rings is 2. The minimum atomic E-state index is -2.98. The summed E-state index contributed by atoms with van der Waals surface area (Å²) in [6.07, 6.45) is 0.434. The summed E-state index contributed by atoms with van der Waals surface area (Å²) in [4.78, 5) is 26.0. The molecule has 0 bridgehead atoms. The predicted molar refractivity (Wildman–Crippen MR) is 134 cm³/mol. The van der Waals surface area contributed by atoms with E-state index in [9.17, 15) is 23.5 Å². The van der Waals surface area contributed by atoms with Crippen LogP contribution in [0.25, 0.3) is 10.9 Å². The van der Waals surface area contributed by atoms with Gasteiger partial charge in [-0.25, -0.2) is 0 Å². The van der Waals surface area contributed by atoms with Gasteiger partial charge in [0.15, 0.2) is 0 Å². The Hall–Kier alpha value is -2.91. The normalized spacial score (nSPS) is 12.7. The second-order valence-corrected chi connectivity index (χ2v) is 15.6. The van der Waals surface area contributed by atoms with Gasteiger partial charge >= 0.3 is 12.6 Å². The van der Waals surface area contributed by atoms with E-state index in [4.69, 9.17) is 16.3 Å². The van der Waals surface area contributed by atoms with E-state index < -0.39 is 32.5 Å². The van der Waals surface area contributed by atoms with Crippen molar-refractivity contribution >= 4 is 42.5 Å². The maximum Gasteiger partial charge on any atom is 0.387 e. The molecule has 3 rings (SSSR count). The number of carbonyl (C=O) groups excluding carboxylic acids is 1. The number of methoxy groups -OCH3 is 1. The van der Waals surface area contributed by atoms with Crippen molar-refractivity contribution in [3.8, 4) is 11.5 Å². The summed E-state index contributed by atoms with van der Waals surface area (Å²) in [6.45, 7) is 5.25. The van der Waals surface area contributed by atoms with Gasteiger partial charge in [-0.05, 0) is 55.3 Å². The zero-order valence-electron chi connectivity index (χ0n) is 20.2. The fourth-order valence-electron chi connectivity index (χ4n) is 4.17. The van der Waals surface area contributed by atoms with Crippen LogP contribution in [0.5, 0.6) is 11.5 Å². The highest BCUT2D eigenvalue weighted by Crippen LogP contribution is 2.40. The van der Waals surface area contributed by atoms with Crippen LogP contribution in [0.1, 0.15) is 34.0 Å². The Morgan fingerprint density at radius 2 is 1.77 bits per heavy atom. The maximum absolute atomic E-state index is 13.6. The number of aliphatic carboxylic acids is 1. The Morgan fingerprint density at radius 3 is 2.29 bits per heavy atom. The van der Waals surface area contributed by atoms with E-state index in [1.165, 1.54) is 35.9 Å². The molecule has 0 saturated carbocycles. The van der Waals surface area contributed by atoms with Crippen LogP contribution in [0.3, 0.4) is 0 Å². The van der Waals surface area contributed by atoms with Crippen LogP contribution >= 0.6 is 11.6 Å². The van der Waals surface area contributed by atoms with E-state index in [0.717, 1.165) is 6.04 Å². The molecule has 0 aliphatic heterocycles. The van der Waals surface area contributed by atoms with E-state index in [0.29, 0.717) is 34.3 Å². The van der Waals surface area contributed by atoms with Crippen LogP contribution in [0.4, 0.5) is 8.78 Å². The second kappa shape index (κ2) is 10.4. The van der Waals surface area contributed by atoms with Crippen LogP contribution in [-0.2, 0) is 4.79 Å². The number of nitrogens with zero attached hydrogens (tertiary/aromatic N) is 1. The van der Waals surface area contributed by atoms with Gasteiger partial charge in [0.2, 0.25) is 0 Å². The molecular weight excluding hydrogens is 496 g/mol.